The average molecular weight is 371 g/mol. The quantitative estimate of drug-likeness (QED) is 0.686. The van der Waals surface area contributed by atoms with Crippen molar-refractivity contribution in [2.24, 2.45) is 16.7 Å². The maximum atomic E-state index is 13.0. The Morgan fingerprint density at radius 1 is 1.29 bits per heavy atom. The Balaban J connectivity index is 2.13. The first kappa shape index (κ1) is 15.0. The smallest absolute Gasteiger partial charge is 0.240 e. The van der Waals surface area contributed by atoms with Crippen LogP contribution in [0.15, 0.2) is 22.7 Å². The van der Waals surface area contributed by atoms with Gasteiger partial charge in [-0.15, -0.1) is 0 Å². The fourth-order valence-electron chi connectivity index (χ4n) is 3.71. The van der Waals surface area contributed by atoms with Crippen molar-refractivity contribution >= 4 is 45.0 Å². The minimum atomic E-state index is -0.512. The molecule has 3 nitrogen and oxygen atoms in total. The number of anilines is 1. The van der Waals surface area contributed by atoms with E-state index in [9.17, 15) is 9.59 Å². The Labute approximate surface area is 137 Å². The summed E-state index contributed by atoms with van der Waals surface area (Å²) < 4.78 is 0.822. The van der Waals surface area contributed by atoms with Crippen molar-refractivity contribution in [1.82, 2.24) is 0 Å². The number of rotatable bonds is 1. The molecule has 1 saturated carbocycles. The van der Waals surface area contributed by atoms with Crippen LogP contribution < -0.4 is 4.90 Å². The molecule has 5 heteroatoms. The summed E-state index contributed by atoms with van der Waals surface area (Å²) in [5, 5.41) is 0.411. The van der Waals surface area contributed by atoms with Crippen LogP contribution in [0, 0.1) is 16.7 Å². The van der Waals surface area contributed by atoms with Gasteiger partial charge in [-0.3, -0.25) is 9.59 Å². The van der Waals surface area contributed by atoms with Crippen LogP contribution in [0.1, 0.15) is 33.6 Å². The SMILES string of the molecule is CC12CCC(C(=O)N(c3ccc(Br)cc3Cl)C1=O)C2(C)C. The van der Waals surface area contributed by atoms with Gasteiger partial charge in [-0.05, 0) is 36.5 Å². The minimum Gasteiger partial charge on any atom is -0.274 e. The summed E-state index contributed by atoms with van der Waals surface area (Å²) in [4.78, 5) is 27.1. The molecule has 1 aromatic carbocycles. The third-order valence-corrected chi connectivity index (χ3v) is 6.37. The molecular formula is C16H17BrClNO2. The molecular weight excluding hydrogens is 354 g/mol. The van der Waals surface area contributed by atoms with Crippen molar-refractivity contribution in [1.29, 1.82) is 0 Å². The lowest BCUT2D eigenvalue weighted by atomic mass is 9.62. The molecule has 2 atom stereocenters. The molecule has 3 rings (SSSR count). The molecule has 0 aromatic heterocycles. The van der Waals surface area contributed by atoms with E-state index in [4.69, 9.17) is 11.6 Å². The van der Waals surface area contributed by atoms with E-state index in [1.165, 1.54) is 4.90 Å². The number of benzene rings is 1. The Hall–Kier alpha value is -0.870. The second-order valence-electron chi connectivity index (χ2n) is 6.72. The van der Waals surface area contributed by atoms with Crippen molar-refractivity contribution in [2.75, 3.05) is 4.90 Å². The molecule has 112 valence electrons. The van der Waals surface area contributed by atoms with E-state index in [1.807, 2.05) is 20.8 Å². The van der Waals surface area contributed by atoms with Crippen LogP contribution in [0.3, 0.4) is 0 Å². The molecule has 0 spiro atoms. The Bertz CT molecular complexity index is 658. The summed E-state index contributed by atoms with van der Waals surface area (Å²) in [6.07, 6.45) is 1.51. The van der Waals surface area contributed by atoms with E-state index < -0.39 is 5.41 Å². The van der Waals surface area contributed by atoms with Crippen LogP contribution in [0.2, 0.25) is 5.02 Å². The van der Waals surface area contributed by atoms with Crippen LogP contribution >= 0.6 is 27.5 Å². The first-order valence-electron chi connectivity index (χ1n) is 7.03. The summed E-state index contributed by atoms with van der Waals surface area (Å²) >= 11 is 9.59. The van der Waals surface area contributed by atoms with E-state index in [1.54, 1.807) is 18.2 Å². The first-order valence-corrected chi connectivity index (χ1v) is 8.21. The van der Waals surface area contributed by atoms with Gasteiger partial charge in [0.05, 0.1) is 16.1 Å². The zero-order chi connectivity index (χ0) is 15.6. The van der Waals surface area contributed by atoms with Crippen LogP contribution in [0.5, 0.6) is 0 Å². The third-order valence-electron chi connectivity index (χ3n) is 5.57. The van der Waals surface area contributed by atoms with Gasteiger partial charge in [0.15, 0.2) is 0 Å². The topological polar surface area (TPSA) is 37.4 Å². The largest absolute Gasteiger partial charge is 0.274 e. The average Bonchev–Trinajstić information content (AvgIpc) is 2.57. The first-order chi connectivity index (χ1) is 9.70. The van der Waals surface area contributed by atoms with Gasteiger partial charge in [0.2, 0.25) is 11.8 Å². The monoisotopic (exact) mass is 369 g/mol. The summed E-state index contributed by atoms with van der Waals surface area (Å²) in [6, 6.07) is 5.23. The predicted octanol–water partition coefficient (Wildman–Crippen LogP) is 4.42. The normalized spacial score (nSPS) is 30.9. The van der Waals surface area contributed by atoms with Gasteiger partial charge in [0.25, 0.3) is 0 Å². The molecule has 1 aromatic rings. The lowest BCUT2D eigenvalue weighted by molar-refractivity contribution is -0.146. The van der Waals surface area contributed by atoms with E-state index in [0.29, 0.717) is 10.7 Å². The zero-order valence-electron chi connectivity index (χ0n) is 12.2. The van der Waals surface area contributed by atoms with Gasteiger partial charge in [-0.1, -0.05) is 48.3 Å². The summed E-state index contributed by atoms with van der Waals surface area (Å²) in [6.45, 7) is 6.03. The van der Waals surface area contributed by atoms with Crippen molar-refractivity contribution in [3.05, 3.63) is 27.7 Å². The van der Waals surface area contributed by atoms with Gasteiger partial charge in [-0.25, -0.2) is 4.90 Å². The molecule has 2 aliphatic rings. The Morgan fingerprint density at radius 2 is 1.95 bits per heavy atom. The fourth-order valence-corrected chi connectivity index (χ4v) is 4.47. The number of imide groups is 1. The van der Waals surface area contributed by atoms with Crippen LogP contribution in [-0.4, -0.2) is 11.8 Å². The number of hydrogen-bond acceptors (Lipinski definition) is 2. The minimum absolute atomic E-state index is 0.121. The number of amides is 2. The molecule has 0 N–H and O–H groups in total. The summed E-state index contributed by atoms with van der Waals surface area (Å²) in [5.74, 6) is -0.375. The van der Waals surface area contributed by atoms with Gasteiger partial charge in [0.1, 0.15) is 0 Å². The highest BCUT2D eigenvalue weighted by molar-refractivity contribution is 9.10. The van der Waals surface area contributed by atoms with E-state index >= 15 is 0 Å². The van der Waals surface area contributed by atoms with E-state index in [-0.39, 0.29) is 23.1 Å². The molecule has 2 amide bonds. The Kier molecular flexibility index (Phi) is 3.27. The second kappa shape index (κ2) is 4.56. The molecule has 1 aliphatic carbocycles. The van der Waals surface area contributed by atoms with E-state index in [0.717, 1.165) is 17.3 Å². The molecule has 1 saturated heterocycles. The fraction of sp³-hybridized carbons (Fsp3) is 0.500. The maximum absolute atomic E-state index is 13.0. The molecule has 21 heavy (non-hydrogen) atoms. The van der Waals surface area contributed by atoms with Gasteiger partial charge in [0, 0.05) is 10.4 Å². The summed E-state index contributed by atoms with van der Waals surface area (Å²) in [7, 11) is 0. The van der Waals surface area contributed by atoms with E-state index in [2.05, 4.69) is 15.9 Å². The van der Waals surface area contributed by atoms with Crippen molar-refractivity contribution < 1.29 is 9.59 Å². The van der Waals surface area contributed by atoms with Gasteiger partial charge in [-0.2, -0.15) is 0 Å². The number of carbonyl (C=O) groups is 2. The number of carbonyl (C=O) groups excluding carboxylic acids is 2. The third kappa shape index (κ3) is 1.85. The molecule has 2 bridgehead atoms. The number of fused-ring (bicyclic) bond motifs is 2. The predicted molar refractivity (Wildman–Crippen MR) is 86.3 cm³/mol. The summed E-state index contributed by atoms with van der Waals surface area (Å²) in [5.41, 5.74) is -0.329. The number of piperidine rings is 1. The van der Waals surface area contributed by atoms with Crippen molar-refractivity contribution in [3.8, 4) is 0 Å². The van der Waals surface area contributed by atoms with Crippen LogP contribution in [-0.2, 0) is 9.59 Å². The molecule has 0 radical (unpaired) electrons. The van der Waals surface area contributed by atoms with Crippen molar-refractivity contribution in [3.63, 3.8) is 0 Å². The lowest BCUT2D eigenvalue weighted by Crippen LogP contribution is -2.59. The lowest BCUT2D eigenvalue weighted by Gasteiger charge is -2.47. The highest BCUT2D eigenvalue weighted by Crippen LogP contribution is 2.60. The second-order valence-corrected chi connectivity index (χ2v) is 8.04. The highest BCUT2D eigenvalue weighted by atomic mass is 79.9. The Morgan fingerprint density at radius 3 is 2.57 bits per heavy atom. The van der Waals surface area contributed by atoms with Crippen molar-refractivity contribution in [2.45, 2.75) is 33.6 Å². The van der Waals surface area contributed by atoms with Gasteiger partial charge >= 0.3 is 0 Å². The maximum Gasteiger partial charge on any atom is 0.240 e. The molecule has 1 aliphatic heterocycles. The standard InChI is InChI=1S/C16H17BrClNO2/c1-15(2)10-6-7-16(15,3)14(21)19(13(10)20)12-5-4-9(17)8-11(12)18/h4-5,8,10H,6-7H2,1-3H3. The number of halogens is 2. The molecule has 2 unspecified atom stereocenters. The number of hydrogen-bond donors (Lipinski definition) is 0. The molecule has 1 heterocycles. The molecule has 2 fully saturated rings. The highest BCUT2D eigenvalue weighted by Gasteiger charge is 2.64. The van der Waals surface area contributed by atoms with Crippen LogP contribution in [0.25, 0.3) is 0 Å². The number of nitrogens with zero attached hydrogens (tertiary/aromatic N) is 1. The van der Waals surface area contributed by atoms with Crippen LogP contribution in [0.4, 0.5) is 5.69 Å². The van der Waals surface area contributed by atoms with Gasteiger partial charge < -0.3 is 0 Å². The zero-order valence-corrected chi connectivity index (χ0v) is 14.6.